The standard InChI is InChI=1S/C32H30FN9O2/c1-2-28(43)37-22-12-20(16-34-17-22)26-15-25-27(18-36-26)40-41-30(25)32-38-29-24(5-6-35-31(29)39-32)19-11-21(33)14-23(13-19)44-10-9-42-7-3-4-8-42/h5-6,11-18H,2-4,7-10H2,1H3,(H,37,43)(H,40,41)(H,35,38,39). The Morgan fingerprint density at radius 2 is 1.95 bits per heavy atom. The van der Waals surface area contributed by atoms with Crippen LogP contribution in [0.4, 0.5) is 10.1 Å². The van der Waals surface area contributed by atoms with E-state index in [9.17, 15) is 9.18 Å². The van der Waals surface area contributed by atoms with Gasteiger partial charge in [-0.1, -0.05) is 6.92 Å². The predicted octanol–water partition coefficient (Wildman–Crippen LogP) is 5.59. The number of ether oxygens (including phenoxy) is 1. The maximum absolute atomic E-state index is 14.7. The first-order valence-electron chi connectivity index (χ1n) is 14.6. The van der Waals surface area contributed by atoms with Gasteiger partial charge in [0, 0.05) is 47.9 Å². The Morgan fingerprint density at radius 1 is 1.07 bits per heavy atom. The highest BCUT2D eigenvalue weighted by atomic mass is 19.1. The summed E-state index contributed by atoms with van der Waals surface area (Å²) in [6.45, 7) is 5.28. The number of benzene rings is 1. The highest BCUT2D eigenvalue weighted by molar-refractivity contribution is 5.97. The molecule has 222 valence electrons. The Hall–Kier alpha value is -5.23. The van der Waals surface area contributed by atoms with E-state index in [1.807, 2.05) is 24.3 Å². The number of imidazole rings is 1. The lowest BCUT2D eigenvalue weighted by molar-refractivity contribution is -0.115. The zero-order valence-electron chi connectivity index (χ0n) is 24.1. The van der Waals surface area contributed by atoms with E-state index in [2.05, 4.69) is 40.3 Å². The SMILES string of the molecule is CCC(=O)Nc1cncc(-c2cc3c(-c4nc5c(-c6cc(F)cc(OCCN7CCCC7)c6)ccnc5[nH]4)n[nH]c3cn2)c1. The molecule has 0 radical (unpaired) electrons. The Kier molecular flexibility index (Phi) is 7.40. The number of carbonyl (C=O) groups is 1. The van der Waals surface area contributed by atoms with Crippen molar-refractivity contribution in [1.29, 1.82) is 0 Å². The van der Waals surface area contributed by atoms with Crippen LogP contribution in [0.5, 0.6) is 5.75 Å². The number of nitrogens with zero attached hydrogens (tertiary/aromatic N) is 6. The van der Waals surface area contributed by atoms with Gasteiger partial charge >= 0.3 is 0 Å². The smallest absolute Gasteiger partial charge is 0.224 e. The molecule has 0 spiro atoms. The Bertz CT molecular complexity index is 1980. The molecule has 3 N–H and O–H groups in total. The number of fused-ring (bicyclic) bond motifs is 2. The molecule has 11 nitrogen and oxygen atoms in total. The molecule has 1 saturated heterocycles. The fraction of sp³-hybridized carbons (Fsp3) is 0.250. The quantitative estimate of drug-likeness (QED) is 0.198. The molecular formula is C32H30FN9O2. The van der Waals surface area contributed by atoms with Crippen LogP contribution < -0.4 is 10.1 Å². The largest absolute Gasteiger partial charge is 0.492 e. The topological polar surface area (TPSA) is 138 Å². The van der Waals surface area contributed by atoms with Gasteiger partial charge in [-0.3, -0.25) is 24.8 Å². The zero-order chi connectivity index (χ0) is 30.0. The van der Waals surface area contributed by atoms with Crippen LogP contribution in [0.25, 0.3) is 56.0 Å². The number of anilines is 1. The fourth-order valence-corrected chi connectivity index (χ4v) is 5.51. The Morgan fingerprint density at radius 3 is 2.82 bits per heavy atom. The molecule has 0 unspecified atom stereocenters. The maximum atomic E-state index is 14.7. The lowest BCUT2D eigenvalue weighted by atomic mass is 10.1. The third-order valence-electron chi connectivity index (χ3n) is 7.75. The molecule has 0 bridgehead atoms. The van der Waals surface area contributed by atoms with E-state index in [1.54, 1.807) is 31.7 Å². The van der Waals surface area contributed by atoms with E-state index < -0.39 is 0 Å². The highest BCUT2D eigenvalue weighted by Crippen LogP contribution is 2.33. The Labute approximate surface area is 251 Å². The maximum Gasteiger partial charge on any atom is 0.224 e. The second-order valence-corrected chi connectivity index (χ2v) is 10.8. The average molecular weight is 592 g/mol. The van der Waals surface area contributed by atoms with Crippen molar-refractivity contribution in [3.8, 4) is 39.7 Å². The summed E-state index contributed by atoms with van der Waals surface area (Å²) in [5, 5.41) is 11.2. The molecule has 1 aromatic carbocycles. The van der Waals surface area contributed by atoms with E-state index in [0.717, 1.165) is 41.7 Å². The zero-order valence-corrected chi connectivity index (χ0v) is 24.1. The normalized spacial score (nSPS) is 13.6. The average Bonchev–Trinajstić information content (AvgIpc) is 3.80. The van der Waals surface area contributed by atoms with Crippen molar-refractivity contribution in [2.24, 2.45) is 0 Å². The molecule has 1 fully saturated rings. The summed E-state index contributed by atoms with van der Waals surface area (Å²) in [5.41, 5.74) is 5.81. The van der Waals surface area contributed by atoms with Crippen molar-refractivity contribution in [3.63, 3.8) is 0 Å². The number of amides is 1. The van der Waals surface area contributed by atoms with Crippen molar-refractivity contribution >= 4 is 33.7 Å². The van der Waals surface area contributed by atoms with Gasteiger partial charge in [0.15, 0.2) is 11.5 Å². The van der Waals surface area contributed by atoms with E-state index in [1.165, 1.54) is 25.0 Å². The van der Waals surface area contributed by atoms with Crippen LogP contribution in [0.15, 0.2) is 61.2 Å². The molecule has 1 aliphatic rings. The van der Waals surface area contributed by atoms with Crippen LogP contribution in [0.3, 0.4) is 0 Å². The van der Waals surface area contributed by atoms with Crippen molar-refractivity contribution in [1.82, 2.24) is 40.0 Å². The number of rotatable bonds is 9. The molecular weight excluding hydrogens is 561 g/mol. The van der Waals surface area contributed by atoms with Gasteiger partial charge < -0.3 is 15.0 Å². The van der Waals surface area contributed by atoms with Crippen LogP contribution in [0, 0.1) is 5.82 Å². The number of pyridine rings is 3. The minimum absolute atomic E-state index is 0.0955. The predicted molar refractivity (Wildman–Crippen MR) is 165 cm³/mol. The molecule has 0 saturated carbocycles. The molecule has 7 rings (SSSR count). The summed E-state index contributed by atoms with van der Waals surface area (Å²) in [5.74, 6) is 0.502. The number of aromatic nitrogens is 7. The number of aromatic amines is 2. The lowest BCUT2D eigenvalue weighted by Gasteiger charge is -2.15. The van der Waals surface area contributed by atoms with Gasteiger partial charge in [-0.05, 0) is 61.8 Å². The molecule has 1 amide bonds. The Balaban J connectivity index is 1.20. The molecule has 0 aliphatic carbocycles. The van der Waals surface area contributed by atoms with Gasteiger partial charge in [0.25, 0.3) is 0 Å². The molecule has 1 aliphatic heterocycles. The van der Waals surface area contributed by atoms with E-state index in [-0.39, 0.29) is 11.7 Å². The number of H-pyrrole nitrogens is 2. The van der Waals surface area contributed by atoms with Gasteiger partial charge in [-0.25, -0.2) is 14.4 Å². The molecule has 5 aromatic heterocycles. The van der Waals surface area contributed by atoms with Crippen LogP contribution >= 0.6 is 0 Å². The minimum Gasteiger partial charge on any atom is -0.492 e. The van der Waals surface area contributed by atoms with E-state index >= 15 is 0 Å². The van der Waals surface area contributed by atoms with Crippen LogP contribution in [-0.2, 0) is 4.79 Å². The molecule has 0 atom stereocenters. The van der Waals surface area contributed by atoms with E-state index in [4.69, 9.17) is 9.72 Å². The number of likely N-dealkylation sites (tertiary alicyclic amines) is 1. The number of halogens is 1. The first kappa shape index (κ1) is 27.6. The first-order valence-corrected chi connectivity index (χ1v) is 14.6. The second kappa shape index (κ2) is 11.8. The molecule has 6 aromatic rings. The van der Waals surface area contributed by atoms with Gasteiger partial charge in [0.2, 0.25) is 5.91 Å². The number of hydrogen-bond acceptors (Lipinski definition) is 8. The minimum atomic E-state index is -0.384. The summed E-state index contributed by atoms with van der Waals surface area (Å²) >= 11 is 0. The third kappa shape index (κ3) is 5.59. The monoisotopic (exact) mass is 591 g/mol. The number of hydrogen-bond donors (Lipinski definition) is 3. The highest BCUT2D eigenvalue weighted by Gasteiger charge is 2.18. The summed E-state index contributed by atoms with van der Waals surface area (Å²) < 4.78 is 20.7. The van der Waals surface area contributed by atoms with Gasteiger partial charge in [0.05, 0.1) is 29.3 Å². The van der Waals surface area contributed by atoms with Crippen molar-refractivity contribution in [3.05, 3.63) is 67.0 Å². The summed E-state index contributed by atoms with van der Waals surface area (Å²) in [7, 11) is 0. The molecule has 6 heterocycles. The third-order valence-corrected chi connectivity index (χ3v) is 7.75. The first-order chi connectivity index (χ1) is 21.5. The number of carbonyl (C=O) groups excluding carboxylic acids is 1. The van der Waals surface area contributed by atoms with Gasteiger partial charge in [-0.2, -0.15) is 5.10 Å². The molecule has 44 heavy (non-hydrogen) atoms. The van der Waals surface area contributed by atoms with Crippen LogP contribution in [0.1, 0.15) is 26.2 Å². The van der Waals surface area contributed by atoms with E-state index in [0.29, 0.717) is 58.4 Å². The number of nitrogens with one attached hydrogen (secondary N) is 3. The van der Waals surface area contributed by atoms with Gasteiger partial charge in [-0.15, -0.1) is 0 Å². The van der Waals surface area contributed by atoms with Crippen LogP contribution in [0.2, 0.25) is 0 Å². The summed E-state index contributed by atoms with van der Waals surface area (Å²) in [6.07, 6.45) is 9.45. The van der Waals surface area contributed by atoms with Crippen LogP contribution in [-0.4, -0.2) is 72.2 Å². The lowest BCUT2D eigenvalue weighted by Crippen LogP contribution is -2.25. The van der Waals surface area contributed by atoms with Crippen molar-refractivity contribution in [2.45, 2.75) is 26.2 Å². The summed E-state index contributed by atoms with van der Waals surface area (Å²) in [4.78, 5) is 35.7. The fourth-order valence-electron chi connectivity index (χ4n) is 5.51. The van der Waals surface area contributed by atoms with Crippen molar-refractivity contribution in [2.75, 3.05) is 31.6 Å². The molecule has 12 heteroatoms. The van der Waals surface area contributed by atoms with Crippen molar-refractivity contribution < 1.29 is 13.9 Å². The summed E-state index contributed by atoms with van der Waals surface area (Å²) in [6, 6.07) is 10.3. The van der Waals surface area contributed by atoms with Gasteiger partial charge in [0.1, 0.15) is 29.4 Å². The second-order valence-electron chi connectivity index (χ2n) is 10.8.